The second-order valence-corrected chi connectivity index (χ2v) is 17.3. The van der Waals surface area contributed by atoms with Crippen molar-refractivity contribution in [2.45, 2.75) is 244 Å². The van der Waals surface area contributed by atoms with E-state index in [9.17, 15) is 14.7 Å². The fourth-order valence-corrected chi connectivity index (χ4v) is 7.90. The number of nitrogens with one attached hydrogen (secondary N) is 1. The van der Waals surface area contributed by atoms with E-state index >= 15 is 0 Å². The van der Waals surface area contributed by atoms with E-state index < -0.39 is 6.09 Å². The molecule has 0 saturated carbocycles. The number of likely N-dealkylation sites (tertiary alicyclic amines) is 1. The molecule has 1 saturated heterocycles. The number of nitrogens with zero attached hydrogens (tertiary/aromatic N) is 1. The molecule has 0 spiro atoms. The molecule has 0 aromatic carbocycles. The van der Waals surface area contributed by atoms with Crippen molar-refractivity contribution < 1.29 is 28.9 Å². The predicted octanol–water partition coefficient (Wildman–Crippen LogP) is 13.7. The quantitative estimate of drug-likeness (QED) is 0.0469. The van der Waals surface area contributed by atoms with Crippen molar-refractivity contribution in [2.24, 2.45) is 0 Å². The molecular formula is C51H96N2O6. The fraction of sp³-hybridized carbons (Fsp3) is 0.882. The van der Waals surface area contributed by atoms with Gasteiger partial charge in [-0.15, -0.1) is 0 Å². The maximum absolute atomic E-state index is 12.5. The minimum atomic E-state index is -0.428. The summed E-state index contributed by atoms with van der Waals surface area (Å²) in [6.07, 6.45) is 49.6. The lowest BCUT2D eigenvalue weighted by atomic mass is 10.1. The monoisotopic (exact) mass is 833 g/mol. The lowest BCUT2D eigenvalue weighted by Gasteiger charge is -2.23. The van der Waals surface area contributed by atoms with Crippen LogP contribution < -0.4 is 5.32 Å². The summed E-state index contributed by atoms with van der Waals surface area (Å²) < 4.78 is 17.8. The molecule has 8 heteroatoms. The molecule has 1 fully saturated rings. The molecule has 1 rings (SSSR count). The fourth-order valence-electron chi connectivity index (χ4n) is 7.90. The van der Waals surface area contributed by atoms with Gasteiger partial charge >= 0.3 is 6.09 Å². The largest absolute Gasteiger partial charge is 0.447 e. The third-order valence-electron chi connectivity index (χ3n) is 11.8. The topological polar surface area (TPSA) is 97.3 Å². The average molecular weight is 833 g/mol. The van der Waals surface area contributed by atoms with Gasteiger partial charge in [0.15, 0.2) is 0 Å². The van der Waals surface area contributed by atoms with Gasteiger partial charge in [0.2, 0.25) is 5.91 Å². The molecule has 0 aromatic rings. The number of allylic oxidation sites excluding steroid dienone is 4. The van der Waals surface area contributed by atoms with Gasteiger partial charge in [0.05, 0.1) is 19.3 Å². The molecule has 2 atom stereocenters. The van der Waals surface area contributed by atoms with Crippen LogP contribution in [0.4, 0.5) is 4.79 Å². The third kappa shape index (κ3) is 36.5. The highest BCUT2D eigenvalue weighted by molar-refractivity contribution is 5.76. The van der Waals surface area contributed by atoms with Crippen molar-refractivity contribution in [3.05, 3.63) is 24.3 Å². The highest BCUT2D eigenvalue weighted by Gasteiger charge is 2.27. The summed E-state index contributed by atoms with van der Waals surface area (Å²) >= 11 is 0. The van der Waals surface area contributed by atoms with Gasteiger partial charge in [0.25, 0.3) is 0 Å². The number of rotatable bonds is 44. The van der Waals surface area contributed by atoms with Crippen molar-refractivity contribution in [3.8, 4) is 0 Å². The zero-order chi connectivity index (χ0) is 42.5. The summed E-state index contributed by atoms with van der Waals surface area (Å²) in [5.74, 6) is 0.132. The first-order valence-corrected chi connectivity index (χ1v) is 25.4. The van der Waals surface area contributed by atoms with E-state index in [1.54, 1.807) is 0 Å². The third-order valence-corrected chi connectivity index (χ3v) is 11.8. The van der Waals surface area contributed by atoms with Crippen LogP contribution in [0.2, 0.25) is 0 Å². The van der Waals surface area contributed by atoms with Crippen LogP contribution in [0.25, 0.3) is 0 Å². The highest BCUT2D eigenvalue weighted by atomic mass is 16.6. The van der Waals surface area contributed by atoms with Crippen LogP contribution in [0.5, 0.6) is 0 Å². The number of carbonyl (C=O) groups is 2. The van der Waals surface area contributed by atoms with E-state index in [1.807, 2.05) is 4.90 Å². The van der Waals surface area contributed by atoms with Crippen LogP contribution >= 0.6 is 0 Å². The number of alkyl carbamates (subject to hydrolysis) is 1. The number of amides is 2. The SMILES string of the molecule is CCCCCCCC/C=C\CCCCCCCCOCC(COC(=O)NCCCCCC(=O)N1CCCC1CO)OCCCCCCCC/C=C\CCCCCCCC. The van der Waals surface area contributed by atoms with Gasteiger partial charge in [0.1, 0.15) is 12.7 Å². The minimum absolute atomic E-state index is 0.0129. The maximum atomic E-state index is 12.5. The predicted molar refractivity (Wildman–Crippen MR) is 249 cm³/mol. The van der Waals surface area contributed by atoms with Gasteiger partial charge in [-0.2, -0.15) is 0 Å². The highest BCUT2D eigenvalue weighted by Crippen LogP contribution is 2.19. The summed E-state index contributed by atoms with van der Waals surface area (Å²) in [7, 11) is 0. The molecule has 0 radical (unpaired) electrons. The number of hydrogen-bond acceptors (Lipinski definition) is 6. The second kappa shape index (κ2) is 44.2. The van der Waals surface area contributed by atoms with Gasteiger partial charge in [-0.3, -0.25) is 4.79 Å². The number of unbranched alkanes of at least 4 members (excludes halogenated alkanes) is 26. The first-order valence-electron chi connectivity index (χ1n) is 25.4. The van der Waals surface area contributed by atoms with Gasteiger partial charge in [-0.05, 0) is 89.9 Å². The average Bonchev–Trinajstić information content (AvgIpc) is 3.73. The molecule has 2 unspecified atom stereocenters. The lowest BCUT2D eigenvalue weighted by Crippen LogP contribution is -2.37. The van der Waals surface area contributed by atoms with Gasteiger partial charge in [0, 0.05) is 32.7 Å². The molecule has 0 aromatic heterocycles. The summed E-state index contributed by atoms with van der Waals surface area (Å²) in [6.45, 7) is 7.86. The maximum Gasteiger partial charge on any atom is 0.407 e. The van der Waals surface area contributed by atoms with Crippen molar-refractivity contribution in [3.63, 3.8) is 0 Å². The Morgan fingerprint density at radius 2 is 1.08 bits per heavy atom. The number of aliphatic hydroxyl groups is 1. The van der Waals surface area contributed by atoms with Crippen molar-refractivity contribution in [1.82, 2.24) is 10.2 Å². The van der Waals surface area contributed by atoms with Crippen LogP contribution in [-0.4, -0.2) is 80.3 Å². The van der Waals surface area contributed by atoms with Gasteiger partial charge in [-0.25, -0.2) is 4.79 Å². The van der Waals surface area contributed by atoms with E-state index in [1.165, 1.54) is 161 Å². The molecule has 1 heterocycles. The van der Waals surface area contributed by atoms with Crippen LogP contribution in [0.1, 0.15) is 232 Å². The smallest absolute Gasteiger partial charge is 0.407 e. The van der Waals surface area contributed by atoms with Crippen LogP contribution in [0.15, 0.2) is 24.3 Å². The molecule has 8 nitrogen and oxygen atoms in total. The molecule has 1 aliphatic heterocycles. The van der Waals surface area contributed by atoms with Crippen molar-refractivity contribution in [2.75, 3.05) is 46.1 Å². The van der Waals surface area contributed by atoms with E-state index in [-0.39, 0.29) is 31.3 Å². The zero-order valence-electron chi connectivity index (χ0n) is 38.9. The molecular weight excluding hydrogens is 737 g/mol. The van der Waals surface area contributed by atoms with Gasteiger partial charge in [-0.1, -0.05) is 160 Å². The lowest BCUT2D eigenvalue weighted by molar-refractivity contribution is -0.132. The Morgan fingerprint density at radius 1 is 0.610 bits per heavy atom. The Balaban J connectivity index is 2.20. The first kappa shape index (κ1) is 55.1. The van der Waals surface area contributed by atoms with E-state index in [0.29, 0.717) is 32.8 Å². The zero-order valence-corrected chi connectivity index (χ0v) is 38.9. The Labute approximate surface area is 364 Å². The summed E-state index contributed by atoms with van der Waals surface area (Å²) in [4.78, 5) is 26.8. The summed E-state index contributed by atoms with van der Waals surface area (Å²) in [5, 5.41) is 12.3. The molecule has 1 aliphatic rings. The number of ether oxygens (including phenoxy) is 3. The standard InChI is InChI=1S/C51H96N2O6/c1-3-5-7-9-11-13-15-17-19-21-23-25-27-29-31-36-43-57-46-49(58-44-37-32-30-28-26-24-22-20-18-16-14-12-10-8-6-4-2)47-59-51(56)52-41-35-33-34-40-50(55)53-42-38-39-48(53)45-54/h17-20,48-49,54H,3-16,21-47H2,1-2H3,(H,52,56)/b19-17-,20-18-. The van der Waals surface area contributed by atoms with E-state index in [0.717, 1.165) is 57.9 Å². The number of carbonyl (C=O) groups excluding carboxylic acids is 2. The molecule has 346 valence electrons. The van der Waals surface area contributed by atoms with Crippen molar-refractivity contribution >= 4 is 12.0 Å². The summed E-state index contributed by atoms with van der Waals surface area (Å²) in [5.41, 5.74) is 0. The second-order valence-electron chi connectivity index (χ2n) is 17.3. The Morgan fingerprint density at radius 3 is 1.61 bits per heavy atom. The Hall–Kier alpha value is -1.90. The molecule has 0 aliphatic carbocycles. The van der Waals surface area contributed by atoms with Crippen LogP contribution in [-0.2, 0) is 19.0 Å². The van der Waals surface area contributed by atoms with E-state index in [4.69, 9.17) is 14.2 Å². The van der Waals surface area contributed by atoms with E-state index in [2.05, 4.69) is 43.5 Å². The van der Waals surface area contributed by atoms with Gasteiger partial charge < -0.3 is 29.5 Å². The van der Waals surface area contributed by atoms with Crippen molar-refractivity contribution in [1.29, 1.82) is 0 Å². The molecule has 59 heavy (non-hydrogen) atoms. The summed E-state index contributed by atoms with van der Waals surface area (Å²) in [6, 6.07) is -0.0129. The molecule has 2 N–H and O–H groups in total. The Kier molecular flexibility index (Phi) is 41.3. The normalized spacial score (nSPS) is 14.9. The van der Waals surface area contributed by atoms with Crippen LogP contribution in [0, 0.1) is 0 Å². The number of aliphatic hydroxyl groups excluding tert-OH is 1. The molecule has 2 amide bonds. The van der Waals surface area contributed by atoms with Crippen LogP contribution in [0.3, 0.4) is 0 Å². The minimum Gasteiger partial charge on any atom is -0.447 e. The Bertz CT molecular complexity index is 974. The number of hydrogen-bond donors (Lipinski definition) is 2. The molecule has 0 bridgehead atoms. The first-order chi connectivity index (χ1) is 29.1.